The van der Waals surface area contributed by atoms with E-state index in [0.29, 0.717) is 11.7 Å². The van der Waals surface area contributed by atoms with Crippen molar-refractivity contribution in [2.45, 2.75) is 43.9 Å². The van der Waals surface area contributed by atoms with Gasteiger partial charge >= 0.3 is 0 Å². The molecule has 1 saturated carbocycles. The lowest BCUT2D eigenvalue weighted by Gasteiger charge is -2.38. The minimum absolute atomic E-state index is 0.207. The minimum atomic E-state index is -0.207. The van der Waals surface area contributed by atoms with Gasteiger partial charge in [0.25, 0.3) is 0 Å². The fraction of sp³-hybridized carbons (Fsp3) is 0.588. The lowest BCUT2D eigenvalue weighted by atomic mass is 9.66. The third-order valence-corrected chi connectivity index (χ3v) is 4.98. The van der Waals surface area contributed by atoms with Gasteiger partial charge in [-0.25, -0.2) is 0 Å². The van der Waals surface area contributed by atoms with Crippen molar-refractivity contribution in [2.75, 3.05) is 13.1 Å². The lowest BCUT2D eigenvalue weighted by molar-refractivity contribution is -0.129. The summed E-state index contributed by atoms with van der Waals surface area (Å²) in [4.78, 5) is 13.1. The topological polar surface area (TPSA) is 29.1 Å². The first-order valence-corrected chi connectivity index (χ1v) is 7.63. The molecule has 0 unspecified atom stereocenters. The predicted molar refractivity (Wildman–Crippen MR) is 77.2 cm³/mol. The molecular weight excluding hydrogens is 234 g/mol. The molecule has 2 heteroatoms. The van der Waals surface area contributed by atoms with Crippen LogP contribution in [0.1, 0.15) is 44.1 Å². The molecule has 1 saturated heterocycles. The number of hydrogen-bond acceptors (Lipinski definition) is 2. The summed E-state index contributed by atoms with van der Waals surface area (Å²) in [6, 6.07) is 10.5. The summed E-state index contributed by atoms with van der Waals surface area (Å²) in [6.07, 6.45) is 6.62. The molecule has 2 aliphatic rings. The predicted octanol–water partition coefficient (Wildman–Crippen LogP) is 3.07. The van der Waals surface area contributed by atoms with Crippen LogP contribution in [0.5, 0.6) is 0 Å². The van der Waals surface area contributed by atoms with Gasteiger partial charge in [0, 0.05) is 5.92 Å². The summed E-state index contributed by atoms with van der Waals surface area (Å²) in [5.41, 5.74) is 1.04. The Hall–Kier alpha value is -1.15. The van der Waals surface area contributed by atoms with E-state index in [1.54, 1.807) is 0 Å². The van der Waals surface area contributed by atoms with E-state index in [9.17, 15) is 4.79 Å². The molecule has 0 amide bonds. The highest BCUT2D eigenvalue weighted by atomic mass is 16.1. The summed E-state index contributed by atoms with van der Waals surface area (Å²) in [7, 11) is 0. The number of hydrogen-bond donors (Lipinski definition) is 1. The van der Waals surface area contributed by atoms with E-state index < -0.39 is 0 Å². The van der Waals surface area contributed by atoms with E-state index in [0.717, 1.165) is 38.8 Å². The van der Waals surface area contributed by atoms with Crippen molar-refractivity contribution in [3.63, 3.8) is 0 Å². The molecule has 2 nitrogen and oxygen atoms in total. The van der Waals surface area contributed by atoms with Gasteiger partial charge in [-0.05, 0) is 44.3 Å². The zero-order chi connectivity index (χ0) is 13.1. The van der Waals surface area contributed by atoms with E-state index in [4.69, 9.17) is 0 Å². The van der Waals surface area contributed by atoms with Crippen molar-refractivity contribution in [3.8, 4) is 0 Å². The maximum Gasteiger partial charge on any atom is 0.146 e. The molecule has 1 heterocycles. The Labute approximate surface area is 115 Å². The molecule has 102 valence electrons. The number of carbonyl (C=O) groups is 1. The molecule has 0 spiro atoms. The van der Waals surface area contributed by atoms with Gasteiger partial charge in [-0.2, -0.15) is 0 Å². The Balaban J connectivity index is 1.94. The van der Waals surface area contributed by atoms with Gasteiger partial charge in [0.2, 0.25) is 0 Å². The van der Waals surface area contributed by atoms with Crippen LogP contribution < -0.4 is 5.32 Å². The third-order valence-electron chi connectivity index (χ3n) is 4.98. The van der Waals surface area contributed by atoms with Crippen LogP contribution in [0.3, 0.4) is 0 Å². The second-order valence-corrected chi connectivity index (χ2v) is 6.04. The summed E-state index contributed by atoms with van der Waals surface area (Å²) in [5.74, 6) is 0.844. The monoisotopic (exact) mass is 257 g/mol. The fourth-order valence-corrected chi connectivity index (χ4v) is 3.87. The van der Waals surface area contributed by atoms with Crippen LogP contribution in [-0.4, -0.2) is 18.9 Å². The van der Waals surface area contributed by atoms with Gasteiger partial charge < -0.3 is 5.32 Å². The van der Waals surface area contributed by atoms with Crippen molar-refractivity contribution in [2.24, 2.45) is 5.92 Å². The van der Waals surface area contributed by atoms with Gasteiger partial charge in [-0.3, -0.25) is 4.79 Å². The van der Waals surface area contributed by atoms with E-state index in [-0.39, 0.29) is 5.41 Å². The van der Waals surface area contributed by atoms with E-state index in [1.807, 2.05) is 6.07 Å². The molecule has 1 aliphatic carbocycles. The summed E-state index contributed by atoms with van der Waals surface area (Å²) in [6.45, 7) is 1.93. The average Bonchev–Trinajstić information content (AvgIpc) is 3.02. The average molecular weight is 257 g/mol. The molecule has 0 bridgehead atoms. The number of nitrogens with one attached hydrogen (secondary N) is 1. The largest absolute Gasteiger partial charge is 0.317 e. The van der Waals surface area contributed by atoms with Gasteiger partial charge in [0.15, 0.2) is 0 Å². The Kier molecular flexibility index (Phi) is 3.69. The van der Waals surface area contributed by atoms with Crippen LogP contribution in [0.4, 0.5) is 0 Å². The summed E-state index contributed by atoms with van der Waals surface area (Å²) >= 11 is 0. The molecule has 1 aromatic rings. The number of rotatable bonds is 3. The third kappa shape index (κ3) is 2.34. The second kappa shape index (κ2) is 5.46. The van der Waals surface area contributed by atoms with E-state index in [1.165, 1.54) is 18.4 Å². The molecule has 1 aliphatic heterocycles. The highest BCUT2D eigenvalue weighted by Crippen LogP contribution is 2.40. The lowest BCUT2D eigenvalue weighted by Crippen LogP contribution is -2.47. The number of Topliss-reactive ketones (excluding diaryl/α,β-unsaturated/α-hetero) is 1. The van der Waals surface area contributed by atoms with Gasteiger partial charge in [0.1, 0.15) is 5.78 Å². The molecule has 19 heavy (non-hydrogen) atoms. The Morgan fingerprint density at radius 2 is 1.68 bits per heavy atom. The first-order chi connectivity index (χ1) is 9.33. The highest BCUT2D eigenvalue weighted by Gasteiger charge is 2.44. The Morgan fingerprint density at radius 1 is 1.05 bits per heavy atom. The van der Waals surface area contributed by atoms with Crippen molar-refractivity contribution in [3.05, 3.63) is 35.9 Å². The van der Waals surface area contributed by atoms with Crippen molar-refractivity contribution in [1.29, 1.82) is 0 Å². The molecule has 2 fully saturated rings. The summed E-state index contributed by atoms with van der Waals surface area (Å²) in [5, 5.41) is 3.40. The van der Waals surface area contributed by atoms with Crippen molar-refractivity contribution >= 4 is 5.78 Å². The van der Waals surface area contributed by atoms with E-state index in [2.05, 4.69) is 29.6 Å². The van der Waals surface area contributed by atoms with Crippen molar-refractivity contribution < 1.29 is 4.79 Å². The van der Waals surface area contributed by atoms with E-state index >= 15 is 0 Å². The smallest absolute Gasteiger partial charge is 0.146 e. The molecule has 1 N–H and O–H groups in total. The SMILES string of the molecule is O=C(C1CCCC1)C1(c2ccccc2)CCNCC1. The quantitative estimate of drug-likeness (QED) is 0.901. The molecular formula is C17H23NO. The van der Waals surface area contributed by atoms with Crippen LogP contribution >= 0.6 is 0 Å². The maximum atomic E-state index is 13.1. The molecule has 0 atom stereocenters. The number of benzene rings is 1. The number of carbonyl (C=O) groups excluding carboxylic acids is 1. The molecule has 0 aromatic heterocycles. The second-order valence-electron chi connectivity index (χ2n) is 6.04. The highest BCUT2D eigenvalue weighted by molar-refractivity contribution is 5.92. The van der Waals surface area contributed by atoms with Gasteiger partial charge in [-0.1, -0.05) is 43.2 Å². The summed E-state index contributed by atoms with van der Waals surface area (Å²) < 4.78 is 0. The molecule has 1 aromatic carbocycles. The minimum Gasteiger partial charge on any atom is -0.317 e. The van der Waals surface area contributed by atoms with Crippen LogP contribution in [0.25, 0.3) is 0 Å². The van der Waals surface area contributed by atoms with Crippen molar-refractivity contribution in [1.82, 2.24) is 5.32 Å². The first kappa shape index (κ1) is 12.9. The molecule has 0 radical (unpaired) electrons. The zero-order valence-corrected chi connectivity index (χ0v) is 11.5. The fourth-order valence-electron chi connectivity index (χ4n) is 3.87. The molecule has 3 rings (SSSR count). The van der Waals surface area contributed by atoms with Crippen LogP contribution in [-0.2, 0) is 10.2 Å². The van der Waals surface area contributed by atoms with Crippen LogP contribution in [0.2, 0.25) is 0 Å². The van der Waals surface area contributed by atoms with Gasteiger partial charge in [0.05, 0.1) is 5.41 Å². The van der Waals surface area contributed by atoms with Crippen LogP contribution in [0, 0.1) is 5.92 Å². The first-order valence-electron chi connectivity index (χ1n) is 7.63. The Bertz CT molecular complexity index is 428. The standard InChI is InChI=1S/C17H23NO/c19-16(14-6-4-5-7-14)17(10-12-18-13-11-17)15-8-2-1-3-9-15/h1-3,8-9,14,18H,4-7,10-13H2. The Morgan fingerprint density at radius 3 is 2.32 bits per heavy atom. The maximum absolute atomic E-state index is 13.1. The van der Waals surface area contributed by atoms with Gasteiger partial charge in [-0.15, -0.1) is 0 Å². The zero-order valence-electron chi connectivity index (χ0n) is 11.5. The van der Waals surface area contributed by atoms with Crippen LogP contribution in [0.15, 0.2) is 30.3 Å². The number of piperidine rings is 1. The number of ketones is 1. The normalized spacial score (nSPS) is 23.4.